The van der Waals surface area contributed by atoms with Crippen LogP contribution in [-0.4, -0.2) is 65.8 Å². The van der Waals surface area contributed by atoms with Gasteiger partial charge in [0, 0.05) is 26.5 Å². The second-order valence-corrected chi connectivity index (χ2v) is 10.6. The lowest BCUT2D eigenvalue weighted by Crippen LogP contribution is -2.31. The smallest absolute Gasteiger partial charge is 0.277 e. The van der Waals surface area contributed by atoms with E-state index in [2.05, 4.69) is 19.8 Å². The first-order chi connectivity index (χ1) is 19.2. The molecule has 1 aliphatic heterocycles. The maximum Gasteiger partial charge on any atom is 0.277 e. The summed E-state index contributed by atoms with van der Waals surface area (Å²) >= 11 is 0. The normalized spacial score (nSPS) is 19.5. The van der Waals surface area contributed by atoms with Crippen LogP contribution in [0.25, 0.3) is 22.4 Å². The summed E-state index contributed by atoms with van der Waals surface area (Å²) < 4.78 is 76.5. The number of aryl methyl sites for hydroxylation is 2. The summed E-state index contributed by atoms with van der Waals surface area (Å²) in [6, 6.07) is 3.17. The molecule has 3 aromatic rings. The maximum atomic E-state index is 13.4. The lowest BCUT2D eigenvalue weighted by molar-refractivity contribution is 0.297. The van der Waals surface area contributed by atoms with Crippen molar-refractivity contribution < 1.29 is 20.0 Å². The number of likely N-dealkylation sites (tertiary alicyclic amines) is 1. The standard InChI is InChI=1S/C25H36N6O4S/c1-5-8-20-22-23(31(4)29-20)25(32)28-24(27-22)19-16-18(10-11-21(19)35-15-6-2)36(33,34)26-13-12-17-9-7-14-30(17)3/h10-11,16-17,26H,5-9,12-15H2,1-4H3,(H,27,28,32)/i3D3,12D2. The molecule has 1 aliphatic rings. The third-order valence-electron chi connectivity index (χ3n) is 6.08. The first kappa shape index (κ1) is 20.3. The molecule has 0 radical (unpaired) electrons. The van der Waals surface area contributed by atoms with Crippen molar-refractivity contribution in [1.82, 2.24) is 29.4 Å². The van der Waals surface area contributed by atoms with Crippen molar-refractivity contribution in [2.75, 3.05) is 26.7 Å². The number of nitrogens with one attached hydrogen (secondary N) is 2. The van der Waals surface area contributed by atoms with Gasteiger partial charge < -0.3 is 14.6 Å². The summed E-state index contributed by atoms with van der Waals surface area (Å²) in [5.74, 6) is 0.439. The van der Waals surface area contributed by atoms with Crippen LogP contribution in [0.1, 0.15) is 58.5 Å². The van der Waals surface area contributed by atoms with E-state index in [1.165, 1.54) is 22.9 Å². The number of nitrogens with zero attached hydrogens (tertiary/aromatic N) is 4. The predicted molar refractivity (Wildman–Crippen MR) is 140 cm³/mol. The van der Waals surface area contributed by atoms with Gasteiger partial charge in [-0.25, -0.2) is 18.1 Å². The summed E-state index contributed by atoms with van der Waals surface area (Å²) in [4.78, 5) is 21.4. The summed E-state index contributed by atoms with van der Waals surface area (Å²) in [6.07, 6.45) is 0.752. The Hall–Kier alpha value is -2.76. The molecule has 0 bridgehead atoms. The lowest BCUT2D eigenvalue weighted by atomic mass is 10.1. The number of hydrogen-bond donors (Lipinski definition) is 2. The van der Waals surface area contributed by atoms with E-state index >= 15 is 0 Å². The van der Waals surface area contributed by atoms with Crippen LogP contribution in [0.4, 0.5) is 0 Å². The van der Waals surface area contributed by atoms with Crippen molar-refractivity contribution in [1.29, 1.82) is 0 Å². The van der Waals surface area contributed by atoms with Gasteiger partial charge in [-0.05, 0) is 63.8 Å². The van der Waals surface area contributed by atoms with Gasteiger partial charge in [0.15, 0.2) is 5.52 Å². The summed E-state index contributed by atoms with van der Waals surface area (Å²) in [7, 11) is -2.59. The van der Waals surface area contributed by atoms with E-state index in [9.17, 15) is 13.2 Å². The zero-order valence-electron chi connectivity index (χ0n) is 25.8. The Morgan fingerprint density at radius 1 is 1.33 bits per heavy atom. The van der Waals surface area contributed by atoms with Crippen LogP contribution in [0.15, 0.2) is 27.9 Å². The maximum absolute atomic E-state index is 13.4. The minimum atomic E-state index is -4.25. The quantitative estimate of drug-likeness (QED) is 0.398. The second kappa shape index (κ2) is 11.1. The molecule has 0 spiro atoms. The molecule has 0 amide bonds. The van der Waals surface area contributed by atoms with Gasteiger partial charge in [-0.15, -0.1) is 0 Å². The van der Waals surface area contributed by atoms with Gasteiger partial charge in [0.2, 0.25) is 10.0 Å². The number of benzene rings is 1. The van der Waals surface area contributed by atoms with Crippen molar-refractivity contribution in [3.63, 3.8) is 0 Å². The highest BCUT2D eigenvalue weighted by molar-refractivity contribution is 7.89. The minimum Gasteiger partial charge on any atom is -0.493 e. The molecular formula is C25H36N6O4S. The Balaban J connectivity index is 1.70. The summed E-state index contributed by atoms with van der Waals surface area (Å²) in [5, 5.41) is 4.43. The van der Waals surface area contributed by atoms with E-state index in [0.717, 1.165) is 11.3 Å². The number of hydrogen-bond acceptors (Lipinski definition) is 7. The van der Waals surface area contributed by atoms with Gasteiger partial charge in [-0.3, -0.25) is 9.48 Å². The fraction of sp³-hybridized carbons (Fsp3) is 0.560. The monoisotopic (exact) mass is 521 g/mol. The third-order valence-corrected chi connectivity index (χ3v) is 7.48. The Labute approximate surface area is 219 Å². The molecule has 1 saturated heterocycles. The first-order valence-corrected chi connectivity index (χ1v) is 13.7. The fourth-order valence-corrected chi connectivity index (χ4v) is 5.26. The molecule has 36 heavy (non-hydrogen) atoms. The number of sulfonamides is 1. The van der Waals surface area contributed by atoms with Crippen LogP contribution >= 0.6 is 0 Å². The van der Waals surface area contributed by atoms with Crippen LogP contribution in [0.5, 0.6) is 5.75 Å². The van der Waals surface area contributed by atoms with Crippen LogP contribution in [-0.2, 0) is 23.5 Å². The molecule has 3 heterocycles. The molecular weight excluding hydrogens is 480 g/mol. The molecule has 4 rings (SSSR count). The van der Waals surface area contributed by atoms with Crippen molar-refractivity contribution in [3.8, 4) is 17.1 Å². The van der Waals surface area contributed by atoms with Gasteiger partial charge in [-0.2, -0.15) is 5.10 Å². The number of fused-ring (bicyclic) bond motifs is 1. The topological polar surface area (TPSA) is 122 Å². The van der Waals surface area contributed by atoms with E-state index in [4.69, 9.17) is 11.6 Å². The van der Waals surface area contributed by atoms with Crippen molar-refractivity contribution in [2.24, 2.45) is 7.05 Å². The van der Waals surface area contributed by atoms with Crippen LogP contribution < -0.4 is 15.0 Å². The van der Waals surface area contributed by atoms with E-state index in [1.54, 1.807) is 7.05 Å². The van der Waals surface area contributed by atoms with Crippen molar-refractivity contribution in [3.05, 3.63) is 34.2 Å². The van der Waals surface area contributed by atoms with Gasteiger partial charge in [-0.1, -0.05) is 20.3 Å². The number of aromatic amines is 1. The highest BCUT2D eigenvalue weighted by Gasteiger charge is 2.23. The van der Waals surface area contributed by atoms with E-state index < -0.39 is 41.5 Å². The lowest BCUT2D eigenvalue weighted by Gasteiger charge is -2.19. The van der Waals surface area contributed by atoms with Crippen LogP contribution in [0.3, 0.4) is 0 Å². The summed E-state index contributed by atoms with van der Waals surface area (Å²) in [6.45, 7) is 1.37. The average molecular weight is 522 g/mol. The molecule has 1 aromatic carbocycles. The minimum absolute atomic E-state index is 0.116. The van der Waals surface area contributed by atoms with Crippen LogP contribution in [0, 0.1) is 0 Å². The average Bonchev–Trinajstić information content (AvgIpc) is 3.53. The van der Waals surface area contributed by atoms with E-state index in [0.29, 0.717) is 54.8 Å². The van der Waals surface area contributed by atoms with Crippen molar-refractivity contribution in [2.45, 2.75) is 63.3 Å². The molecule has 10 nitrogen and oxygen atoms in total. The largest absolute Gasteiger partial charge is 0.493 e. The molecule has 1 atom stereocenters. The predicted octanol–water partition coefficient (Wildman–Crippen LogP) is 2.83. The Morgan fingerprint density at radius 3 is 2.92 bits per heavy atom. The summed E-state index contributed by atoms with van der Waals surface area (Å²) in [5.41, 5.74) is 1.19. The molecule has 11 heteroatoms. The Morgan fingerprint density at radius 2 is 2.17 bits per heavy atom. The highest BCUT2D eigenvalue weighted by atomic mass is 32.2. The van der Waals surface area contributed by atoms with Crippen molar-refractivity contribution >= 4 is 21.1 Å². The fourth-order valence-electron chi connectivity index (χ4n) is 4.30. The molecule has 2 N–H and O–H groups in total. The highest BCUT2D eigenvalue weighted by Crippen LogP contribution is 2.31. The number of H-pyrrole nitrogens is 1. The number of ether oxygens (including phenoxy) is 1. The Bertz CT molecular complexity index is 1570. The first-order valence-electron chi connectivity index (χ1n) is 14.7. The third kappa shape index (κ3) is 5.47. The second-order valence-electron chi connectivity index (χ2n) is 8.82. The molecule has 0 aliphatic carbocycles. The molecule has 0 saturated carbocycles. The zero-order valence-corrected chi connectivity index (χ0v) is 21.6. The van der Waals surface area contributed by atoms with Crippen LogP contribution in [0.2, 0.25) is 0 Å². The van der Waals surface area contributed by atoms with Gasteiger partial charge in [0.1, 0.15) is 17.1 Å². The van der Waals surface area contributed by atoms with Gasteiger partial charge in [0.05, 0.1) is 22.8 Å². The molecule has 1 fully saturated rings. The van der Waals surface area contributed by atoms with Gasteiger partial charge >= 0.3 is 0 Å². The van der Waals surface area contributed by atoms with Gasteiger partial charge in [0.25, 0.3) is 5.56 Å². The van der Waals surface area contributed by atoms with E-state index in [-0.39, 0.29) is 22.8 Å². The number of rotatable bonds is 11. The molecule has 1 unspecified atom stereocenters. The SMILES string of the molecule is [2H]C([2H])(CNS(=O)(=O)c1ccc(OCCC)c(-c2nc3c(CCC)nn(C)c3c(=O)[nH]2)c1)C1CCCN1C([2H])([2H])[2H]. The number of aromatic nitrogens is 4. The zero-order chi connectivity index (χ0) is 30.2. The van der Waals surface area contributed by atoms with E-state index in [1.807, 2.05) is 13.8 Å². The molecule has 2 aromatic heterocycles. The molecule has 196 valence electrons. The Kier molecular flexibility index (Phi) is 6.26.